The third-order valence-corrected chi connectivity index (χ3v) is 9.77. The Balaban J connectivity index is 1.72. The summed E-state index contributed by atoms with van der Waals surface area (Å²) in [4.78, 5) is 42.1. The summed E-state index contributed by atoms with van der Waals surface area (Å²) in [5.41, 5.74) is 8.68. The van der Waals surface area contributed by atoms with Crippen LogP contribution in [0.5, 0.6) is 11.5 Å². The van der Waals surface area contributed by atoms with Gasteiger partial charge in [0.1, 0.15) is 17.1 Å². The van der Waals surface area contributed by atoms with Crippen LogP contribution >= 0.6 is 5.39 Å². The zero-order chi connectivity index (χ0) is 26.8. The summed E-state index contributed by atoms with van der Waals surface area (Å²) in [5.74, 6) is -1.58. The molecule has 1 atom stereocenters. The molecule has 0 radical (unpaired) electrons. The van der Waals surface area contributed by atoms with Gasteiger partial charge in [0, 0.05) is 30.1 Å². The van der Waals surface area contributed by atoms with E-state index >= 15 is 0 Å². The van der Waals surface area contributed by atoms with Crippen molar-refractivity contribution < 1.29 is 33.7 Å². The summed E-state index contributed by atoms with van der Waals surface area (Å²) < 4.78 is 18.1. The second-order valence-corrected chi connectivity index (χ2v) is 13.5. The van der Waals surface area contributed by atoms with Crippen LogP contribution in [-0.4, -0.2) is 54.6 Å². The van der Waals surface area contributed by atoms with E-state index in [1.54, 1.807) is 24.3 Å². The normalized spacial score (nSPS) is 15.1. The molecule has 1 aliphatic rings. The first-order valence-electron chi connectivity index (χ1n) is 10.8. The van der Waals surface area contributed by atoms with Gasteiger partial charge in [-0.25, -0.2) is 4.79 Å². The van der Waals surface area contributed by atoms with Crippen molar-refractivity contribution in [1.29, 1.82) is 0 Å². The van der Waals surface area contributed by atoms with Gasteiger partial charge in [0.05, 0.1) is 19.8 Å². The van der Waals surface area contributed by atoms with Crippen LogP contribution in [0.4, 0.5) is 5.69 Å². The van der Waals surface area contributed by atoms with E-state index < -0.39 is 22.4 Å². The number of esters is 2. The first-order chi connectivity index (χ1) is 17.7. The average Bonchev–Trinajstić information content (AvgIpc) is 2.88. The molecule has 16 heteroatoms. The number of carbonyl (C=O) groups is 2. The number of rotatable bonds is 11. The maximum absolute atomic E-state index is 12.9. The SMILES string of the molecule is [N-]=[N+]=Nc1ccc(C(=O)Oc2ccc(P(=S)([S-])N3CCOCC3)cc2)c(OC(=O)CCCO[N+](=O)[O-])c1. The number of morpholine rings is 1. The lowest BCUT2D eigenvalue weighted by Gasteiger charge is -2.43. The van der Waals surface area contributed by atoms with Gasteiger partial charge in [-0.15, -0.1) is 21.9 Å². The highest BCUT2D eigenvalue weighted by Gasteiger charge is 2.21. The zero-order valence-electron chi connectivity index (χ0n) is 19.3. The molecule has 1 unspecified atom stereocenters. The molecule has 0 aromatic heterocycles. The molecule has 1 fully saturated rings. The second kappa shape index (κ2) is 13.4. The van der Waals surface area contributed by atoms with E-state index in [1.807, 2.05) is 0 Å². The molecular formula is C21H21N5O8PS2-. The Kier molecular flexibility index (Phi) is 10.3. The third-order valence-electron chi connectivity index (χ3n) is 5.02. The monoisotopic (exact) mass is 566 g/mol. The van der Waals surface area contributed by atoms with Gasteiger partial charge in [0.25, 0.3) is 5.09 Å². The quantitative estimate of drug-likeness (QED) is 0.0373. The Morgan fingerprint density at radius 1 is 1.22 bits per heavy atom. The predicted molar refractivity (Wildman–Crippen MR) is 138 cm³/mol. The minimum atomic E-state index is -2.40. The van der Waals surface area contributed by atoms with Gasteiger partial charge >= 0.3 is 11.9 Å². The van der Waals surface area contributed by atoms with Crippen molar-refractivity contribution in [1.82, 2.24) is 4.67 Å². The molecule has 0 saturated carbocycles. The predicted octanol–water partition coefficient (Wildman–Crippen LogP) is 3.56. The van der Waals surface area contributed by atoms with Crippen LogP contribution in [0, 0.1) is 10.1 Å². The summed E-state index contributed by atoms with van der Waals surface area (Å²) in [6.45, 7) is 2.17. The van der Waals surface area contributed by atoms with Crippen LogP contribution in [0.3, 0.4) is 0 Å². The third kappa shape index (κ3) is 8.15. The minimum absolute atomic E-state index is 0.0162. The molecule has 13 nitrogen and oxygen atoms in total. The van der Waals surface area contributed by atoms with Gasteiger partial charge < -0.3 is 31.3 Å². The molecule has 1 heterocycles. The molecule has 37 heavy (non-hydrogen) atoms. The lowest BCUT2D eigenvalue weighted by Crippen LogP contribution is -2.35. The number of hydrogen-bond acceptors (Lipinski definition) is 11. The van der Waals surface area contributed by atoms with E-state index in [2.05, 4.69) is 19.5 Å². The number of hydrogen-bond donors (Lipinski definition) is 0. The molecule has 2 aromatic rings. The zero-order valence-corrected chi connectivity index (χ0v) is 21.8. The van der Waals surface area contributed by atoms with Crippen molar-refractivity contribution in [2.24, 2.45) is 5.11 Å². The van der Waals surface area contributed by atoms with E-state index in [9.17, 15) is 19.7 Å². The molecule has 0 N–H and O–H groups in total. The maximum Gasteiger partial charge on any atom is 0.347 e. The molecule has 3 rings (SSSR count). The minimum Gasteiger partial charge on any atom is -0.727 e. The molecule has 0 amide bonds. The number of azide groups is 1. The largest absolute Gasteiger partial charge is 0.727 e. The Labute approximate surface area is 221 Å². The number of carbonyl (C=O) groups excluding carboxylic acids is 2. The molecule has 0 spiro atoms. The average molecular weight is 567 g/mol. The molecule has 1 saturated heterocycles. The molecule has 2 aromatic carbocycles. The summed E-state index contributed by atoms with van der Waals surface area (Å²) in [6.07, 6.45) is -0.200. The summed E-state index contributed by atoms with van der Waals surface area (Å²) in [5, 5.41) is 11.1. The maximum atomic E-state index is 12.9. The van der Waals surface area contributed by atoms with Crippen LogP contribution < -0.4 is 14.8 Å². The van der Waals surface area contributed by atoms with Crippen LogP contribution in [0.1, 0.15) is 23.2 Å². The fraction of sp³-hybridized carbons (Fsp3) is 0.333. The van der Waals surface area contributed by atoms with E-state index in [0.717, 1.165) is 5.30 Å². The number of nitrogens with zero attached hydrogens (tertiary/aromatic N) is 5. The van der Waals surface area contributed by atoms with Gasteiger partial charge in [-0.3, -0.25) is 9.46 Å². The van der Waals surface area contributed by atoms with Crippen molar-refractivity contribution in [2.75, 3.05) is 32.9 Å². The van der Waals surface area contributed by atoms with E-state index in [0.29, 0.717) is 26.3 Å². The lowest BCUT2D eigenvalue weighted by molar-refractivity contribution is -0.757. The lowest BCUT2D eigenvalue weighted by atomic mass is 10.2. The topological polar surface area (TPSA) is 166 Å². The van der Waals surface area contributed by atoms with Crippen molar-refractivity contribution in [3.8, 4) is 11.5 Å². The highest BCUT2D eigenvalue weighted by Crippen LogP contribution is 2.46. The number of ether oxygens (including phenoxy) is 3. The summed E-state index contributed by atoms with van der Waals surface area (Å²) >= 11 is 11.5. The molecule has 1 aliphatic heterocycles. The van der Waals surface area contributed by atoms with Crippen molar-refractivity contribution >= 4 is 52.4 Å². The molecule has 196 valence electrons. The van der Waals surface area contributed by atoms with Crippen LogP contribution in [0.2, 0.25) is 0 Å². The summed E-state index contributed by atoms with van der Waals surface area (Å²) in [7, 11) is 0. The van der Waals surface area contributed by atoms with Crippen molar-refractivity contribution in [2.45, 2.75) is 12.8 Å². The van der Waals surface area contributed by atoms with Crippen LogP contribution in [-0.2, 0) is 38.4 Å². The van der Waals surface area contributed by atoms with E-state index in [4.69, 9.17) is 43.8 Å². The number of benzene rings is 2. The highest BCUT2D eigenvalue weighted by molar-refractivity contribution is 8.56. The Morgan fingerprint density at radius 2 is 1.92 bits per heavy atom. The fourth-order valence-corrected chi connectivity index (χ4v) is 6.50. The van der Waals surface area contributed by atoms with Gasteiger partial charge in [-0.1, -0.05) is 28.7 Å². The first-order valence-corrected chi connectivity index (χ1v) is 14.6. The standard InChI is InChI=1S/C21H22N5O8PS2/c22-24-23-15-3-8-18(19(14-15)34-20(27)2-1-11-32-26(29)30)21(28)33-16-4-6-17(7-5-16)35(36,37)25-9-12-31-13-10-25/h3-8,14H,1-2,9-13H2,(H,36,37)/p-1. The Hall–Kier alpha value is -3.19. The first kappa shape index (κ1) is 28.4. The summed E-state index contributed by atoms with van der Waals surface area (Å²) in [6, 6.07) is 10.5. The van der Waals surface area contributed by atoms with E-state index in [-0.39, 0.29) is 42.2 Å². The van der Waals surface area contributed by atoms with Gasteiger partial charge in [0.2, 0.25) is 0 Å². The van der Waals surface area contributed by atoms with Gasteiger partial charge in [-0.2, -0.15) is 0 Å². The molecular weight excluding hydrogens is 545 g/mol. The van der Waals surface area contributed by atoms with Crippen LogP contribution in [0.25, 0.3) is 10.4 Å². The molecule has 0 aliphatic carbocycles. The van der Waals surface area contributed by atoms with E-state index in [1.165, 1.54) is 18.2 Å². The Morgan fingerprint density at radius 3 is 2.57 bits per heavy atom. The Bertz CT molecular complexity index is 1250. The molecule has 0 bridgehead atoms. The second-order valence-electron chi connectivity index (χ2n) is 7.47. The van der Waals surface area contributed by atoms with Crippen molar-refractivity contribution in [3.63, 3.8) is 0 Å². The smallest absolute Gasteiger partial charge is 0.347 e. The fourth-order valence-electron chi connectivity index (χ4n) is 3.25. The van der Waals surface area contributed by atoms with Gasteiger partial charge in [0.15, 0.2) is 0 Å². The van der Waals surface area contributed by atoms with Gasteiger partial charge in [-0.05, 0) is 41.5 Å². The van der Waals surface area contributed by atoms with Crippen molar-refractivity contribution in [3.05, 3.63) is 68.6 Å². The highest BCUT2D eigenvalue weighted by atomic mass is 32.9. The van der Waals surface area contributed by atoms with Crippen LogP contribution in [0.15, 0.2) is 47.6 Å².